The van der Waals surface area contributed by atoms with E-state index in [1.54, 1.807) is 37.4 Å². The third-order valence-electron chi connectivity index (χ3n) is 3.72. The van der Waals surface area contributed by atoms with E-state index < -0.39 is 12.6 Å². The topological polar surface area (TPSA) is 94.2 Å². The molecule has 0 saturated carbocycles. The molecule has 2 aromatic carbocycles. The predicted octanol–water partition coefficient (Wildman–Crippen LogP) is 7.96. The summed E-state index contributed by atoms with van der Waals surface area (Å²) in [5.74, 6) is -0.0154. The minimum atomic E-state index is -1.08. The fourth-order valence-corrected chi connectivity index (χ4v) is 2.69. The molecule has 0 bridgehead atoms. The van der Waals surface area contributed by atoms with E-state index in [0.717, 1.165) is 16.3 Å². The molecular weight excluding hydrogens is 491 g/mol. The molecule has 1 aromatic heterocycles. The van der Waals surface area contributed by atoms with Gasteiger partial charge in [0, 0.05) is 17.3 Å². The Kier molecular flexibility index (Phi) is 16.4. The van der Waals surface area contributed by atoms with Crippen LogP contribution in [0.1, 0.15) is 40.3 Å². The van der Waals surface area contributed by atoms with Gasteiger partial charge in [0.15, 0.2) is 12.2 Å². The molecule has 0 aliphatic heterocycles. The molecule has 190 valence electrons. The first-order chi connectivity index (χ1) is 16.8. The molecule has 7 nitrogen and oxygen atoms in total. The Hall–Kier alpha value is -3.29. The van der Waals surface area contributed by atoms with E-state index in [9.17, 15) is 4.79 Å². The number of nitrogens with zero attached hydrogens (tertiary/aromatic N) is 2. The van der Waals surface area contributed by atoms with Gasteiger partial charge in [0.1, 0.15) is 23.8 Å². The van der Waals surface area contributed by atoms with E-state index >= 15 is 0 Å². The normalized spacial score (nSPS) is 9.86. The van der Waals surface area contributed by atoms with Crippen LogP contribution < -0.4 is 9.47 Å². The number of carboxylic acid groups (broad SMARTS) is 1. The van der Waals surface area contributed by atoms with Crippen LogP contribution in [0.4, 0.5) is 0 Å². The van der Waals surface area contributed by atoms with Crippen LogP contribution in [0.15, 0.2) is 64.8 Å². The highest BCUT2D eigenvalue weighted by Gasteiger charge is 2.14. The second kappa shape index (κ2) is 18.1. The Morgan fingerprint density at radius 2 is 1.77 bits per heavy atom. The van der Waals surface area contributed by atoms with E-state index in [4.69, 9.17) is 42.3 Å². The number of benzene rings is 2. The number of fused-ring (bicyclic) bond motifs is 1. The molecule has 1 N–H and O–H groups in total. The highest BCUT2D eigenvalue weighted by atomic mass is 35.5. The van der Waals surface area contributed by atoms with Gasteiger partial charge in [-0.2, -0.15) is 0 Å². The number of aliphatic carboxylic acids is 1. The van der Waals surface area contributed by atoms with Crippen molar-refractivity contribution in [1.82, 2.24) is 5.16 Å². The Morgan fingerprint density at radius 3 is 2.31 bits per heavy atom. The van der Waals surface area contributed by atoms with Crippen molar-refractivity contribution in [1.29, 1.82) is 0 Å². The van der Waals surface area contributed by atoms with E-state index in [-0.39, 0.29) is 10.8 Å². The number of aromatic nitrogens is 1. The van der Waals surface area contributed by atoms with Gasteiger partial charge in [-0.1, -0.05) is 68.7 Å². The highest BCUT2D eigenvalue weighted by Crippen LogP contribution is 2.33. The Morgan fingerprint density at radius 1 is 1.14 bits per heavy atom. The average molecular weight is 523 g/mol. The molecule has 3 rings (SSSR count). The van der Waals surface area contributed by atoms with E-state index in [1.165, 1.54) is 6.07 Å². The first kappa shape index (κ1) is 31.7. The van der Waals surface area contributed by atoms with Gasteiger partial charge in [0.05, 0.1) is 10.4 Å². The zero-order chi connectivity index (χ0) is 26.8. The number of halogens is 2. The SMILES string of the molecule is C=CCOc1ccc(Cl)cc1.C=N/C=C(\C)c1noc2cc(Cl)c(OCC(=O)O)cc12.CC.CC. The van der Waals surface area contributed by atoms with Crippen LogP contribution in [0.5, 0.6) is 11.5 Å². The minimum Gasteiger partial charge on any atom is -0.490 e. The number of aliphatic imine (C=N–C) groups is 1. The molecule has 9 heteroatoms. The number of hydrogen-bond acceptors (Lipinski definition) is 6. The summed E-state index contributed by atoms with van der Waals surface area (Å²) >= 11 is 11.7. The van der Waals surface area contributed by atoms with Gasteiger partial charge in [-0.3, -0.25) is 4.99 Å². The van der Waals surface area contributed by atoms with E-state index in [2.05, 4.69) is 23.4 Å². The maximum Gasteiger partial charge on any atom is 0.341 e. The molecule has 0 spiro atoms. The van der Waals surface area contributed by atoms with Crippen molar-refractivity contribution >= 4 is 52.4 Å². The van der Waals surface area contributed by atoms with Crippen molar-refractivity contribution < 1.29 is 23.9 Å². The number of allylic oxidation sites excluding steroid dienone is 1. The first-order valence-corrected chi connectivity index (χ1v) is 11.7. The van der Waals surface area contributed by atoms with Gasteiger partial charge in [0.25, 0.3) is 0 Å². The fourth-order valence-electron chi connectivity index (χ4n) is 2.36. The average Bonchev–Trinajstić information content (AvgIpc) is 3.28. The van der Waals surface area contributed by atoms with Crippen molar-refractivity contribution in [3.05, 3.63) is 71.0 Å². The zero-order valence-corrected chi connectivity index (χ0v) is 22.2. The summed E-state index contributed by atoms with van der Waals surface area (Å²) in [7, 11) is 0. The number of carboxylic acids is 1. The standard InChI is InChI=1S/C13H11ClN2O4.C9H9ClO.2C2H6/c1-7(5-15-2)13-8-3-11(19-6-12(17)18)9(14)4-10(8)20-16-13;1-2-7-11-9-5-3-8(10)4-6-9;2*1-2/h3-5H,2,6H2,1H3,(H,17,18);2-6H,1,7H2;2*1-2H3/b7-5+;;;. The molecule has 0 amide bonds. The van der Waals surface area contributed by atoms with Gasteiger partial charge < -0.3 is 19.1 Å². The van der Waals surface area contributed by atoms with Crippen LogP contribution >= 0.6 is 23.2 Å². The Bertz CT molecular complexity index is 1090. The second-order valence-corrected chi connectivity index (χ2v) is 6.88. The number of rotatable bonds is 8. The smallest absolute Gasteiger partial charge is 0.341 e. The molecule has 3 aromatic rings. The number of ether oxygens (including phenoxy) is 2. The van der Waals surface area contributed by atoms with Crippen LogP contribution in [0.25, 0.3) is 16.5 Å². The number of carbonyl (C=O) groups is 1. The molecule has 0 aliphatic rings. The van der Waals surface area contributed by atoms with Crippen molar-refractivity contribution in [2.45, 2.75) is 34.6 Å². The third kappa shape index (κ3) is 11.1. The van der Waals surface area contributed by atoms with Gasteiger partial charge in [-0.25, -0.2) is 4.79 Å². The van der Waals surface area contributed by atoms with Crippen LogP contribution in [0.2, 0.25) is 10.0 Å². The summed E-state index contributed by atoms with van der Waals surface area (Å²) in [4.78, 5) is 14.2. The van der Waals surface area contributed by atoms with Crippen molar-refractivity contribution in [2.75, 3.05) is 13.2 Å². The lowest BCUT2D eigenvalue weighted by Gasteiger charge is -2.05. The maximum absolute atomic E-state index is 10.5. The monoisotopic (exact) mass is 522 g/mol. The molecule has 0 aliphatic carbocycles. The zero-order valence-electron chi connectivity index (χ0n) is 20.7. The largest absolute Gasteiger partial charge is 0.490 e. The Labute approximate surface area is 216 Å². The molecule has 1 heterocycles. The summed E-state index contributed by atoms with van der Waals surface area (Å²) < 4.78 is 15.5. The summed E-state index contributed by atoms with van der Waals surface area (Å²) in [6, 6.07) is 10.4. The van der Waals surface area contributed by atoms with Gasteiger partial charge >= 0.3 is 5.97 Å². The van der Waals surface area contributed by atoms with Crippen LogP contribution in [-0.2, 0) is 4.79 Å². The van der Waals surface area contributed by atoms with Gasteiger partial charge in [0.2, 0.25) is 0 Å². The lowest BCUT2D eigenvalue weighted by Crippen LogP contribution is -2.09. The van der Waals surface area contributed by atoms with E-state index in [0.29, 0.717) is 23.3 Å². The quantitative estimate of drug-likeness (QED) is 0.238. The fraction of sp³-hybridized carbons (Fsp3) is 0.269. The third-order valence-corrected chi connectivity index (χ3v) is 4.26. The molecular formula is C26H32Cl2N2O5. The molecule has 0 unspecified atom stereocenters. The lowest BCUT2D eigenvalue weighted by molar-refractivity contribution is -0.139. The summed E-state index contributed by atoms with van der Waals surface area (Å²) in [6.07, 6.45) is 3.25. The van der Waals surface area contributed by atoms with Crippen LogP contribution in [0.3, 0.4) is 0 Å². The van der Waals surface area contributed by atoms with Crippen molar-refractivity contribution in [3.63, 3.8) is 0 Å². The molecule has 0 saturated heterocycles. The second-order valence-electron chi connectivity index (χ2n) is 6.04. The molecule has 0 fully saturated rings. The maximum atomic E-state index is 10.5. The number of hydrogen-bond donors (Lipinski definition) is 1. The van der Waals surface area contributed by atoms with Gasteiger partial charge in [-0.15, -0.1) is 0 Å². The van der Waals surface area contributed by atoms with Crippen LogP contribution in [0, 0.1) is 0 Å². The van der Waals surface area contributed by atoms with Crippen molar-refractivity contribution in [3.8, 4) is 11.5 Å². The molecule has 0 atom stereocenters. The van der Waals surface area contributed by atoms with Gasteiger partial charge in [-0.05, 0) is 49.5 Å². The molecule has 35 heavy (non-hydrogen) atoms. The first-order valence-electron chi connectivity index (χ1n) is 10.9. The summed E-state index contributed by atoms with van der Waals surface area (Å²) in [6.45, 7) is 16.8. The molecule has 0 radical (unpaired) electrons. The predicted molar refractivity (Wildman–Crippen MR) is 145 cm³/mol. The van der Waals surface area contributed by atoms with Crippen molar-refractivity contribution in [2.24, 2.45) is 4.99 Å². The Balaban J connectivity index is 0.000000652. The van der Waals surface area contributed by atoms with E-state index in [1.807, 2.05) is 39.8 Å². The summed E-state index contributed by atoms with van der Waals surface area (Å²) in [5.41, 5.74) is 1.80. The lowest BCUT2D eigenvalue weighted by atomic mass is 10.1. The minimum absolute atomic E-state index is 0.255. The van der Waals surface area contributed by atoms with Crippen LogP contribution in [-0.4, -0.2) is 36.2 Å². The highest BCUT2D eigenvalue weighted by molar-refractivity contribution is 6.32. The summed E-state index contributed by atoms with van der Waals surface area (Å²) in [5, 5.41) is 14.2.